The van der Waals surface area contributed by atoms with Crippen LogP contribution >= 0.6 is 0 Å². The lowest BCUT2D eigenvalue weighted by Gasteiger charge is -2.24. The van der Waals surface area contributed by atoms with Crippen LogP contribution in [0.2, 0.25) is 0 Å². The molecule has 2 aromatic heterocycles. The SMILES string of the molecule is Cc1oc(CN(C)C(=O)C(C(C)C)n2nnc(-c3ccccc3)n2)cc1C(=O)O. The number of carboxylic acids is 1. The predicted molar refractivity (Wildman–Crippen MR) is 104 cm³/mol. The molecule has 1 N–H and O–H groups in total. The maximum Gasteiger partial charge on any atom is 0.339 e. The Kier molecular flexibility index (Phi) is 5.76. The van der Waals surface area contributed by atoms with Gasteiger partial charge in [0.15, 0.2) is 6.04 Å². The van der Waals surface area contributed by atoms with E-state index < -0.39 is 12.0 Å². The Bertz CT molecular complexity index is 1010. The number of aryl methyl sites for hydroxylation is 1. The molecule has 1 amide bonds. The topological polar surface area (TPSA) is 114 Å². The van der Waals surface area contributed by atoms with Crippen molar-refractivity contribution >= 4 is 11.9 Å². The Balaban J connectivity index is 1.80. The number of nitrogens with zero attached hydrogens (tertiary/aromatic N) is 5. The number of carboxylic acid groups (broad SMARTS) is 1. The van der Waals surface area contributed by atoms with Crippen LogP contribution in [0.1, 0.15) is 41.8 Å². The second kappa shape index (κ2) is 8.26. The molecule has 29 heavy (non-hydrogen) atoms. The highest BCUT2D eigenvalue weighted by atomic mass is 16.4. The van der Waals surface area contributed by atoms with Crippen molar-refractivity contribution in [3.63, 3.8) is 0 Å². The number of amides is 1. The lowest BCUT2D eigenvalue weighted by atomic mass is 10.0. The molecule has 2 heterocycles. The van der Waals surface area contributed by atoms with Crippen molar-refractivity contribution in [3.05, 3.63) is 53.5 Å². The number of likely N-dealkylation sites (N-methyl/N-ethyl adjacent to an activating group) is 1. The number of carbonyl (C=O) groups excluding carboxylic acids is 1. The van der Waals surface area contributed by atoms with E-state index >= 15 is 0 Å². The molecular weight excluding hydrogens is 374 g/mol. The van der Waals surface area contributed by atoms with Gasteiger partial charge >= 0.3 is 5.97 Å². The van der Waals surface area contributed by atoms with Gasteiger partial charge in [-0.15, -0.1) is 10.2 Å². The Morgan fingerprint density at radius 3 is 2.52 bits per heavy atom. The monoisotopic (exact) mass is 397 g/mol. The molecule has 0 radical (unpaired) electrons. The zero-order valence-corrected chi connectivity index (χ0v) is 16.7. The third-order valence-electron chi connectivity index (χ3n) is 4.56. The van der Waals surface area contributed by atoms with E-state index in [1.54, 1.807) is 14.0 Å². The van der Waals surface area contributed by atoms with Crippen molar-refractivity contribution in [2.24, 2.45) is 5.92 Å². The first-order chi connectivity index (χ1) is 13.8. The third-order valence-corrected chi connectivity index (χ3v) is 4.56. The molecular formula is C20H23N5O4. The first kappa shape index (κ1) is 20.2. The normalized spacial score (nSPS) is 12.2. The molecule has 1 unspecified atom stereocenters. The summed E-state index contributed by atoms with van der Waals surface area (Å²) in [5, 5.41) is 21.7. The molecule has 152 valence electrons. The number of aromatic carboxylic acids is 1. The van der Waals surface area contributed by atoms with Gasteiger partial charge in [0.05, 0.1) is 6.54 Å². The standard InChI is InChI=1S/C20H23N5O4/c1-12(2)17(25-22-18(21-23-25)14-8-6-5-7-9-14)19(26)24(4)11-15-10-16(20(27)28)13(3)29-15/h5-10,12,17H,11H2,1-4H3,(H,27,28). The average molecular weight is 397 g/mol. The van der Waals surface area contributed by atoms with Gasteiger partial charge in [-0.05, 0) is 24.1 Å². The first-order valence-corrected chi connectivity index (χ1v) is 9.20. The summed E-state index contributed by atoms with van der Waals surface area (Å²) in [5.74, 6) is -0.223. The fraction of sp³-hybridized carbons (Fsp3) is 0.350. The Hall–Kier alpha value is -3.49. The van der Waals surface area contributed by atoms with Gasteiger partial charge in [-0.1, -0.05) is 44.2 Å². The second-order valence-corrected chi connectivity index (χ2v) is 7.17. The van der Waals surface area contributed by atoms with Crippen LogP contribution in [0.25, 0.3) is 11.4 Å². The Morgan fingerprint density at radius 2 is 1.93 bits per heavy atom. The molecule has 0 spiro atoms. The molecule has 3 aromatic rings. The maximum atomic E-state index is 13.1. The molecule has 0 aliphatic carbocycles. The fourth-order valence-electron chi connectivity index (χ4n) is 3.07. The molecule has 1 atom stereocenters. The molecule has 9 nitrogen and oxygen atoms in total. The third kappa shape index (κ3) is 4.34. The quantitative estimate of drug-likeness (QED) is 0.652. The zero-order valence-electron chi connectivity index (χ0n) is 16.7. The summed E-state index contributed by atoms with van der Waals surface area (Å²) in [6.45, 7) is 5.52. The molecule has 0 bridgehead atoms. The highest BCUT2D eigenvalue weighted by Crippen LogP contribution is 2.22. The van der Waals surface area contributed by atoms with Crippen LogP contribution in [0.15, 0.2) is 40.8 Å². The lowest BCUT2D eigenvalue weighted by molar-refractivity contribution is -0.136. The summed E-state index contributed by atoms with van der Waals surface area (Å²) in [5.41, 5.74) is 0.904. The molecule has 0 saturated carbocycles. The van der Waals surface area contributed by atoms with Crippen molar-refractivity contribution in [1.29, 1.82) is 0 Å². The second-order valence-electron chi connectivity index (χ2n) is 7.17. The van der Waals surface area contributed by atoms with Crippen molar-refractivity contribution in [1.82, 2.24) is 25.1 Å². The van der Waals surface area contributed by atoms with Gasteiger partial charge in [0.2, 0.25) is 11.7 Å². The van der Waals surface area contributed by atoms with E-state index in [2.05, 4.69) is 15.4 Å². The van der Waals surface area contributed by atoms with E-state index in [0.29, 0.717) is 17.3 Å². The summed E-state index contributed by atoms with van der Waals surface area (Å²) in [6, 6.07) is 10.2. The van der Waals surface area contributed by atoms with Gasteiger partial charge in [-0.25, -0.2) is 4.79 Å². The van der Waals surface area contributed by atoms with Crippen LogP contribution in [-0.2, 0) is 11.3 Å². The number of aromatic nitrogens is 4. The van der Waals surface area contributed by atoms with Crippen LogP contribution < -0.4 is 0 Å². The largest absolute Gasteiger partial charge is 0.478 e. The van der Waals surface area contributed by atoms with Crippen molar-refractivity contribution in [3.8, 4) is 11.4 Å². The Morgan fingerprint density at radius 1 is 1.24 bits per heavy atom. The average Bonchev–Trinajstić information content (AvgIpc) is 3.29. The molecule has 9 heteroatoms. The van der Waals surface area contributed by atoms with Crippen LogP contribution in [0.3, 0.4) is 0 Å². The van der Waals surface area contributed by atoms with Gasteiger partial charge in [0.25, 0.3) is 0 Å². The Labute approximate surface area is 167 Å². The lowest BCUT2D eigenvalue weighted by Crippen LogP contribution is -2.37. The van der Waals surface area contributed by atoms with Gasteiger partial charge in [-0.3, -0.25) is 4.79 Å². The van der Waals surface area contributed by atoms with E-state index in [-0.39, 0.29) is 23.9 Å². The maximum absolute atomic E-state index is 13.1. The van der Waals surface area contributed by atoms with Gasteiger partial charge < -0.3 is 14.4 Å². The number of benzene rings is 1. The molecule has 0 fully saturated rings. The summed E-state index contributed by atoms with van der Waals surface area (Å²) >= 11 is 0. The number of tetrazole rings is 1. The zero-order chi connectivity index (χ0) is 21.1. The van der Waals surface area contributed by atoms with Crippen LogP contribution in [0, 0.1) is 12.8 Å². The minimum absolute atomic E-state index is 0.0873. The minimum atomic E-state index is -1.06. The van der Waals surface area contributed by atoms with E-state index in [1.807, 2.05) is 44.2 Å². The molecule has 0 aliphatic rings. The fourth-order valence-corrected chi connectivity index (χ4v) is 3.07. The van der Waals surface area contributed by atoms with E-state index in [1.165, 1.54) is 15.8 Å². The smallest absolute Gasteiger partial charge is 0.339 e. The summed E-state index contributed by atoms with van der Waals surface area (Å²) in [6.07, 6.45) is 0. The van der Waals surface area contributed by atoms with Crippen molar-refractivity contribution in [2.75, 3.05) is 7.05 Å². The minimum Gasteiger partial charge on any atom is -0.478 e. The number of hydrogen-bond acceptors (Lipinski definition) is 6. The summed E-state index contributed by atoms with van der Waals surface area (Å²) < 4.78 is 5.48. The number of hydrogen-bond donors (Lipinski definition) is 1. The van der Waals surface area contributed by atoms with Crippen LogP contribution in [-0.4, -0.2) is 49.1 Å². The van der Waals surface area contributed by atoms with Gasteiger partial charge in [0.1, 0.15) is 17.1 Å². The first-order valence-electron chi connectivity index (χ1n) is 9.20. The van der Waals surface area contributed by atoms with E-state index in [0.717, 1.165) is 5.56 Å². The van der Waals surface area contributed by atoms with Crippen molar-refractivity contribution < 1.29 is 19.1 Å². The highest BCUT2D eigenvalue weighted by Gasteiger charge is 2.30. The highest BCUT2D eigenvalue weighted by molar-refractivity contribution is 5.88. The molecule has 3 rings (SSSR count). The predicted octanol–water partition coefficient (Wildman–Crippen LogP) is 2.80. The van der Waals surface area contributed by atoms with Gasteiger partial charge in [0, 0.05) is 12.6 Å². The van der Waals surface area contributed by atoms with Crippen molar-refractivity contribution in [2.45, 2.75) is 33.4 Å². The molecule has 0 saturated heterocycles. The molecule has 0 aliphatic heterocycles. The van der Waals surface area contributed by atoms with Gasteiger partial charge in [-0.2, -0.15) is 4.80 Å². The number of carbonyl (C=O) groups is 2. The van der Waals surface area contributed by atoms with Crippen LogP contribution in [0.4, 0.5) is 0 Å². The molecule has 1 aromatic carbocycles. The number of rotatable bonds is 7. The van der Waals surface area contributed by atoms with E-state index in [4.69, 9.17) is 9.52 Å². The summed E-state index contributed by atoms with van der Waals surface area (Å²) in [4.78, 5) is 27.1. The van der Waals surface area contributed by atoms with Crippen LogP contribution in [0.5, 0.6) is 0 Å². The number of furan rings is 1. The summed E-state index contributed by atoms with van der Waals surface area (Å²) in [7, 11) is 1.63. The van der Waals surface area contributed by atoms with E-state index in [9.17, 15) is 9.59 Å².